The molecular weight excluding hydrogens is 235 g/mol. The lowest BCUT2D eigenvalue weighted by Crippen LogP contribution is -1.89. The van der Waals surface area contributed by atoms with Crippen LogP contribution >= 0.6 is 0 Å². The third-order valence-corrected chi connectivity index (χ3v) is 3.53. The molecule has 0 aliphatic heterocycles. The molecule has 0 aromatic heterocycles. The zero-order chi connectivity index (χ0) is 13.7. The summed E-state index contributed by atoms with van der Waals surface area (Å²) in [5.41, 5.74) is 4.02. The average molecular weight is 256 g/mol. The molecule has 0 bridgehead atoms. The van der Waals surface area contributed by atoms with Gasteiger partial charge in [-0.1, -0.05) is 56.7 Å². The van der Waals surface area contributed by atoms with Gasteiger partial charge in [0.05, 0.1) is 0 Å². The van der Waals surface area contributed by atoms with Gasteiger partial charge in [-0.2, -0.15) is 0 Å². The van der Waals surface area contributed by atoms with Gasteiger partial charge in [0.15, 0.2) is 0 Å². The number of hydrogen-bond donors (Lipinski definition) is 0. The van der Waals surface area contributed by atoms with E-state index in [-0.39, 0.29) is 5.82 Å². The largest absolute Gasteiger partial charge is 0.206 e. The van der Waals surface area contributed by atoms with Crippen LogP contribution in [0.15, 0.2) is 42.5 Å². The van der Waals surface area contributed by atoms with Gasteiger partial charge in [-0.15, -0.1) is 0 Å². The third-order valence-electron chi connectivity index (χ3n) is 3.53. The lowest BCUT2D eigenvalue weighted by Gasteiger charge is -2.07. The van der Waals surface area contributed by atoms with E-state index in [2.05, 4.69) is 19.1 Å². The summed E-state index contributed by atoms with van der Waals surface area (Å²) < 4.78 is 14.0. The van der Waals surface area contributed by atoms with Crippen LogP contribution in [0.5, 0.6) is 0 Å². The maximum Gasteiger partial charge on any atom is 0.131 e. The van der Waals surface area contributed by atoms with Crippen LogP contribution in [0.2, 0.25) is 0 Å². The van der Waals surface area contributed by atoms with Gasteiger partial charge in [0.1, 0.15) is 5.82 Å². The predicted molar refractivity (Wildman–Crippen MR) is 79.8 cm³/mol. The van der Waals surface area contributed by atoms with Gasteiger partial charge in [0, 0.05) is 5.56 Å². The highest BCUT2D eigenvalue weighted by atomic mass is 19.1. The molecule has 0 aliphatic rings. The first-order chi connectivity index (χ1) is 9.24. The van der Waals surface area contributed by atoms with Crippen molar-refractivity contribution in [3.8, 4) is 11.1 Å². The summed E-state index contributed by atoms with van der Waals surface area (Å²) in [5, 5.41) is 0. The van der Waals surface area contributed by atoms with Gasteiger partial charge in [0.25, 0.3) is 0 Å². The normalized spacial score (nSPS) is 10.7. The second kappa shape index (κ2) is 6.51. The number of aryl methyl sites for hydroxylation is 2. The maximum absolute atomic E-state index is 14.0. The number of unbranched alkanes of at least 4 members (excludes halogenated alkanes) is 1. The highest BCUT2D eigenvalue weighted by Gasteiger charge is 2.05. The van der Waals surface area contributed by atoms with Crippen LogP contribution in [-0.2, 0) is 12.8 Å². The average Bonchev–Trinajstić information content (AvgIpc) is 2.45. The van der Waals surface area contributed by atoms with E-state index >= 15 is 0 Å². The van der Waals surface area contributed by atoms with E-state index < -0.39 is 0 Å². The number of halogens is 1. The minimum absolute atomic E-state index is 0.124. The van der Waals surface area contributed by atoms with Crippen LogP contribution in [0.4, 0.5) is 4.39 Å². The smallest absolute Gasteiger partial charge is 0.131 e. The second-order valence-corrected chi connectivity index (χ2v) is 4.97. The van der Waals surface area contributed by atoms with E-state index in [1.807, 2.05) is 31.2 Å². The Balaban J connectivity index is 2.22. The molecule has 0 saturated carbocycles. The molecule has 0 heterocycles. The van der Waals surface area contributed by atoms with Gasteiger partial charge >= 0.3 is 0 Å². The topological polar surface area (TPSA) is 0 Å². The summed E-state index contributed by atoms with van der Waals surface area (Å²) in [4.78, 5) is 0. The van der Waals surface area contributed by atoms with E-state index in [0.29, 0.717) is 5.56 Å². The van der Waals surface area contributed by atoms with E-state index in [0.717, 1.165) is 24.0 Å². The molecule has 0 fully saturated rings. The molecule has 100 valence electrons. The maximum atomic E-state index is 14.0. The lowest BCUT2D eigenvalue weighted by molar-refractivity contribution is 0.629. The van der Waals surface area contributed by atoms with E-state index in [9.17, 15) is 4.39 Å². The van der Waals surface area contributed by atoms with Crippen molar-refractivity contribution in [3.63, 3.8) is 0 Å². The Hall–Kier alpha value is -1.63. The number of hydrogen-bond acceptors (Lipinski definition) is 0. The quantitative estimate of drug-likeness (QED) is 0.672. The molecule has 1 heteroatoms. The van der Waals surface area contributed by atoms with E-state index in [1.165, 1.54) is 18.4 Å². The molecule has 0 atom stereocenters. The first-order valence-corrected chi connectivity index (χ1v) is 7.12. The Morgan fingerprint density at radius 1 is 0.895 bits per heavy atom. The van der Waals surface area contributed by atoms with Crippen LogP contribution in [0.3, 0.4) is 0 Å². The van der Waals surface area contributed by atoms with E-state index in [4.69, 9.17) is 0 Å². The Morgan fingerprint density at radius 3 is 2.16 bits per heavy atom. The van der Waals surface area contributed by atoms with Gasteiger partial charge in [-0.3, -0.25) is 0 Å². The van der Waals surface area contributed by atoms with Crippen molar-refractivity contribution in [3.05, 3.63) is 59.4 Å². The fraction of sp³-hybridized carbons (Fsp3) is 0.333. The summed E-state index contributed by atoms with van der Waals surface area (Å²) in [6.45, 7) is 4.23. The molecule has 2 aromatic rings. The molecular formula is C18H21F. The Bertz CT molecular complexity index is 526. The third kappa shape index (κ3) is 3.44. The zero-order valence-electron chi connectivity index (χ0n) is 11.7. The van der Waals surface area contributed by atoms with Crippen LogP contribution in [-0.4, -0.2) is 0 Å². The minimum atomic E-state index is -0.124. The summed E-state index contributed by atoms with van der Waals surface area (Å²) in [6, 6.07) is 13.8. The highest BCUT2D eigenvalue weighted by Crippen LogP contribution is 2.24. The van der Waals surface area contributed by atoms with Crippen LogP contribution in [0.1, 0.15) is 37.8 Å². The van der Waals surface area contributed by atoms with Crippen molar-refractivity contribution in [2.75, 3.05) is 0 Å². The standard InChI is InChI=1S/C18H21F/c1-3-5-6-15-7-10-16(11-8-15)17-12-9-14(4-2)13-18(17)19/h7-13H,3-6H2,1-2H3. The first kappa shape index (κ1) is 13.8. The van der Waals surface area contributed by atoms with Crippen LogP contribution in [0.25, 0.3) is 11.1 Å². The Morgan fingerprint density at radius 2 is 1.58 bits per heavy atom. The van der Waals surface area contributed by atoms with Crippen LogP contribution < -0.4 is 0 Å². The molecule has 2 rings (SSSR count). The fourth-order valence-electron chi connectivity index (χ4n) is 2.24. The molecule has 0 radical (unpaired) electrons. The predicted octanol–water partition coefficient (Wildman–Crippen LogP) is 5.40. The van der Waals surface area contributed by atoms with Crippen molar-refractivity contribution >= 4 is 0 Å². The Labute approximate surface area is 115 Å². The van der Waals surface area contributed by atoms with Crippen LogP contribution in [0, 0.1) is 5.82 Å². The van der Waals surface area contributed by atoms with Crippen molar-refractivity contribution in [2.24, 2.45) is 0 Å². The first-order valence-electron chi connectivity index (χ1n) is 7.12. The summed E-state index contributed by atoms with van der Waals surface area (Å²) in [6.07, 6.45) is 4.38. The molecule has 0 aliphatic carbocycles. The van der Waals surface area contributed by atoms with Crippen molar-refractivity contribution in [1.29, 1.82) is 0 Å². The highest BCUT2D eigenvalue weighted by molar-refractivity contribution is 5.64. The van der Waals surface area contributed by atoms with Crippen molar-refractivity contribution in [2.45, 2.75) is 39.5 Å². The zero-order valence-corrected chi connectivity index (χ0v) is 11.7. The SMILES string of the molecule is CCCCc1ccc(-c2ccc(CC)cc2F)cc1. The van der Waals surface area contributed by atoms with Crippen molar-refractivity contribution < 1.29 is 4.39 Å². The summed E-state index contributed by atoms with van der Waals surface area (Å²) in [5.74, 6) is -0.124. The lowest BCUT2D eigenvalue weighted by atomic mass is 10.00. The minimum Gasteiger partial charge on any atom is -0.206 e. The molecule has 0 nitrogen and oxygen atoms in total. The molecule has 19 heavy (non-hydrogen) atoms. The molecule has 0 N–H and O–H groups in total. The molecule has 2 aromatic carbocycles. The monoisotopic (exact) mass is 256 g/mol. The van der Waals surface area contributed by atoms with Gasteiger partial charge < -0.3 is 0 Å². The summed E-state index contributed by atoms with van der Waals surface area (Å²) in [7, 11) is 0. The fourth-order valence-corrected chi connectivity index (χ4v) is 2.24. The Kier molecular flexibility index (Phi) is 4.73. The van der Waals surface area contributed by atoms with Gasteiger partial charge in [0.2, 0.25) is 0 Å². The van der Waals surface area contributed by atoms with E-state index in [1.54, 1.807) is 6.07 Å². The summed E-state index contributed by atoms with van der Waals surface area (Å²) >= 11 is 0. The molecule has 0 amide bonds. The van der Waals surface area contributed by atoms with Crippen molar-refractivity contribution in [1.82, 2.24) is 0 Å². The number of benzene rings is 2. The molecule has 0 unspecified atom stereocenters. The van der Waals surface area contributed by atoms with Gasteiger partial charge in [-0.25, -0.2) is 4.39 Å². The molecule has 0 spiro atoms. The number of rotatable bonds is 5. The second-order valence-electron chi connectivity index (χ2n) is 4.97. The molecule has 0 saturated heterocycles. The van der Waals surface area contributed by atoms with Gasteiger partial charge in [-0.05, 0) is 42.0 Å².